The van der Waals surface area contributed by atoms with Gasteiger partial charge in [-0.1, -0.05) is 147 Å². The van der Waals surface area contributed by atoms with Crippen LogP contribution in [0.2, 0.25) is 0 Å². The minimum absolute atomic E-state index is 0.424. The lowest BCUT2D eigenvalue weighted by atomic mass is 9.68. The van der Waals surface area contributed by atoms with E-state index in [1.807, 2.05) is 0 Å². The van der Waals surface area contributed by atoms with Crippen molar-refractivity contribution < 1.29 is 0 Å². The van der Waals surface area contributed by atoms with Gasteiger partial charge < -0.3 is 4.90 Å². The summed E-state index contributed by atoms with van der Waals surface area (Å²) in [7, 11) is 0. The van der Waals surface area contributed by atoms with E-state index in [2.05, 4.69) is 157 Å². The van der Waals surface area contributed by atoms with Gasteiger partial charge >= 0.3 is 0 Å². The molecule has 0 saturated heterocycles. The smallest absolute Gasteiger partial charge is 0.0714 e. The second-order valence-electron chi connectivity index (χ2n) is 15.9. The average Bonchev–Trinajstić information content (AvgIpc) is 3.93. The van der Waals surface area contributed by atoms with Crippen LogP contribution in [-0.4, -0.2) is 0 Å². The van der Waals surface area contributed by atoms with Crippen LogP contribution < -0.4 is 4.90 Å². The Morgan fingerprint density at radius 2 is 1.08 bits per heavy atom. The number of fused-ring (bicyclic) bond motifs is 5. The van der Waals surface area contributed by atoms with Crippen LogP contribution in [0.4, 0.5) is 17.1 Å². The van der Waals surface area contributed by atoms with E-state index in [4.69, 9.17) is 0 Å². The van der Waals surface area contributed by atoms with Crippen molar-refractivity contribution in [3.05, 3.63) is 185 Å². The van der Waals surface area contributed by atoms with Crippen molar-refractivity contribution in [1.29, 1.82) is 0 Å². The monoisotopic (exact) mass is 661 g/mol. The highest BCUT2D eigenvalue weighted by Crippen LogP contribution is 2.59. The van der Waals surface area contributed by atoms with Gasteiger partial charge in [-0.05, 0) is 125 Å². The van der Waals surface area contributed by atoms with Gasteiger partial charge in [-0.3, -0.25) is 0 Å². The fourth-order valence-electron chi connectivity index (χ4n) is 10.9. The van der Waals surface area contributed by atoms with Gasteiger partial charge in [0.2, 0.25) is 0 Å². The molecular formula is C50H47N. The van der Waals surface area contributed by atoms with Crippen molar-refractivity contribution in [2.75, 3.05) is 4.90 Å². The molecular weight excluding hydrogens is 615 g/mol. The van der Waals surface area contributed by atoms with Gasteiger partial charge in [-0.25, -0.2) is 0 Å². The lowest BCUT2D eigenvalue weighted by Crippen LogP contribution is -2.28. The van der Waals surface area contributed by atoms with Crippen LogP contribution in [0.25, 0.3) is 11.1 Å². The zero-order valence-corrected chi connectivity index (χ0v) is 29.6. The van der Waals surface area contributed by atoms with E-state index in [0.717, 1.165) is 17.8 Å². The molecule has 3 fully saturated rings. The Morgan fingerprint density at radius 3 is 1.71 bits per heavy atom. The predicted octanol–water partition coefficient (Wildman–Crippen LogP) is 13.5. The highest BCUT2D eigenvalue weighted by molar-refractivity contribution is 5.97. The van der Waals surface area contributed by atoms with E-state index in [-0.39, 0.29) is 0 Å². The van der Waals surface area contributed by atoms with E-state index in [1.165, 1.54) is 119 Å². The first-order valence-electron chi connectivity index (χ1n) is 19.6. The minimum atomic E-state index is -0.424. The molecule has 3 unspecified atom stereocenters. The molecule has 6 aromatic carbocycles. The first-order chi connectivity index (χ1) is 25.3. The summed E-state index contributed by atoms with van der Waals surface area (Å²) in [6.45, 7) is 0. The molecule has 0 N–H and O–H groups in total. The second kappa shape index (κ2) is 12.7. The van der Waals surface area contributed by atoms with Crippen molar-refractivity contribution in [3.8, 4) is 11.1 Å². The van der Waals surface area contributed by atoms with Gasteiger partial charge in [-0.15, -0.1) is 0 Å². The van der Waals surface area contributed by atoms with E-state index >= 15 is 0 Å². The summed E-state index contributed by atoms with van der Waals surface area (Å²) in [5.74, 6) is 3.24. The molecule has 0 aliphatic heterocycles. The van der Waals surface area contributed by atoms with Gasteiger partial charge in [0, 0.05) is 16.9 Å². The minimum Gasteiger partial charge on any atom is -0.310 e. The summed E-state index contributed by atoms with van der Waals surface area (Å²) < 4.78 is 0. The normalized spacial score (nSPS) is 21.7. The number of hydrogen-bond acceptors (Lipinski definition) is 1. The van der Waals surface area contributed by atoms with E-state index in [0.29, 0.717) is 5.92 Å². The molecule has 3 atom stereocenters. The summed E-state index contributed by atoms with van der Waals surface area (Å²) in [5.41, 5.74) is 14.3. The Labute approximate surface area is 304 Å². The molecule has 0 heterocycles. The van der Waals surface area contributed by atoms with E-state index in [9.17, 15) is 0 Å². The van der Waals surface area contributed by atoms with Crippen LogP contribution in [0.1, 0.15) is 103 Å². The quantitative estimate of drug-likeness (QED) is 0.164. The number of anilines is 3. The highest BCUT2D eigenvalue weighted by atomic mass is 15.1. The maximum Gasteiger partial charge on any atom is 0.0714 e. The molecule has 0 aromatic heterocycles. The lowest BCUT2D eigenvalue weighted by molar-refractivity contribution is 0.420. The van der Waals surface area contributed by atoms with Crippen LogP contribution in [0.3, 0.4) is 0 Å². The van der Waals surface area contributed by atoms with Crippen LogP contribution in [0.5, 0.6) is 0 Å². The molecule has 0 spiro atoms. The van der Waals surface area contributed by atoms with Crippen LogP contribution in [-0.2, 0) is 5.41 Å². The molecule has 0 amide bonds. The molecule has 0 radical (unpaired) electrons. The molecule has 51 heavy (non-hydrogen) atoms. The topological polar surface area (TPSA) is 3.24 Å². The summed E-state index contributed by atoms with van der Waals surface area (Å²) in [5, 5.41) is 0. The average molecular weight is 662 g/mol. The van der Waals surface area contributed by atoms with Crippen molar-refractivity contribution in [2.45, 2.75) is 75.0 Å². The zero-order valence-electron chi connectivity index (χ0n) is 29.6. The lowest BCUT2D eigenvalue weighted by Gasteiger charge is -2.34. The molecule has 3 saturated carbocycles. The van der Waals surface area contributed by atoms with Crippen LogP contribution in [0.15, 0.2) is 152 Å². The Kier molecular flexibility index (Phi) is 7.70. The number of hydrogen-bond donors (Lipinski definition) is 0. The molecule has 1 nitrogen and oxygen atoms in total. The molecule has 2 bridgehead atoms. The van der Waals surface area contributed by atoms with Crippen LogP contribution >= 0.6 is 0 Å². The molecule has 6 aromatic rings. The van der Waals surface area contributed by atoms with Gasteiger partial charge in [0.1, 0.15) is 0 Å². The van der Waals surface area contributed by atoms with Gasteiger partial charge in [0.25, 0.3) is 0 Å². The molecule has 252 valence electrons. The summed E-state index contributed by atoms with van der Waals surface area (Å²) >= 11 is 0. The number of benzene rings is 6. The maximum absolute atomic E-state index is 2.55. The second-order valence-corrected chi connectivity index (χ2v) is 15.9. The third kappa shape index (κ3) is 5.03. The van der Waals surface area contributed by atoms with Crippen molar-refractivity contribution >= 4 is 17.1 Å². The number of nitrogens with zero attached hydrogens (tertiary/aromatic N) is 1. The summed E-state index contributed by atoms with van der Waals surface area (Å²) in [4.78, 5) is 2.55. The molecule has 10 rings (SSSR count). The van der Waals surface area contributed by atoms with Crippen LogP contribution in [0, 0.1) is 11.8 Å². The van der Waals surface area contributed by atoms with Crippen molar-refractivity contribution in [2.24, 2.45) is 11.8 Å². The fraction of sp³-hybridized carbons (Fsp3) is 0.280. The van der Waals surface area contributed by atoms with Gasteiger partial charge in [0.05, 0.1) is 11.1 Å². The molecule has 4 aliphatic rings. The van der Waals surface area contributed by atoms with Crippen molar-refractivity contribution in [1.82, 2.24) is 0 Å². The molecule has 4 aliphatic carbocycles. The van der Waals surface area contributed by atoms with Gasteiger partial charge in [-0.2, -0.15) is 0 Å². The SMILES string of the molecule is c1ccc(C2(c3ccccc3)c3ccccc3-c3c(N(c4ccc(C5CCCCC5)cc4)c4ccc(C5CC6CCC5C6)cc4)cccc32)cc1. The maximum atomic E-state index is 2.55. The standard InChI is InChI=1S/C50H47N/c1-4-13-36(14-5-1)37-25-29-42(30-26-37)51(43-31-27-38(28-32-43)45-34-35-23-24-39(45)33-35)48-22-12-21-47-49(48)44-19-10-11-20-46(44)50(47,40-15-6-2-7-16-40)41-17-8-3-9-18-41/h2-3,6-12,15-22,25-32,35-36,39,45H,1,4-5,13-14,23-24,33-34H2. The Hall–Kier alpha value is -4.88. The van der Waals surface area contributed by atoms with E-state index < -0.39 is 5.41 Å². The van der Waals surface area contributed by atoms with E-state index in [1.54, 1.807) is 0 Å². The predicted molar refractivity (Wildman–Crippen MR) is 212 cm³/mol. The van der Waals surface area contributed by atoms with Crippen molar-refractivity contribution in [3.63, 3.8) is 0 Å². The summed E-state index contributed by atoms with van der Waals surface area (Å²) in [6, 6.07) is 58.0. The third-order valence-electron chi connectivity index (χ3n) is 13.2. The third-order valence-corrected chi connectivity index (χ3v) is 13.2. The molecule has 1 heteroatoms. The highest BCUT2D eigenvalue weighted by Gasteiger charge is 2.47. The first kappa shape index (κ1) is 30.9. The zero-order chi connectivity index (χ0) is 33.8. The Balaban J connectivity index is 1.17. The largest absolute Gasteiger partial charge is 0.310 e. The summed E-state index contributed by atoms with van der Waals surface area (Å²) in [6.07, 6.45) is 12.4. The Morgan fingerprint density at radius 1 is 0.471 bits per heavy atom. The Bertz CT molecular complexity index is 2100. The van der Waals surface area contributed by atoms with Gasteiger partial charge in [0.15, 0.2) is 0 Å². The first-order valence-corrected chi connectivity index (χ1v) is 19.6. The fourth-order valence-corrected chi connectivity index (χ4v) is 10.9. The number of rotatable bonds is 7.